The summed E-state index contributed by atoms with van der Waals surface area (Å²) in [6, 6.07) is 19.8. The van der Waals surface area contributed by atoms with Gasteiger partial charge < -0.3 is 4.90 Å². The number of aromatic nitrogens is 2. The molecule has 4 rings (SSSR count). The van der Waals surface area contributed by atoms with Crippen LogP contribution in [0.25, 0.3) is 10.3 Å². The molecule has 2 heterocycles. The van der Waals surface area contributed by atoms with E-state index in [1.165, 1.54) is 17.4 Å². The molecule has 2 aromatic heterocycles. The molecule has 0 fully saturated rings. The molecule has 0 aliphatic heterocycles. The fraction of sp³-hybridized carbons (Fsp3) is 0.0500. The van der Waals surface area contributed by atoms with Crippen molar-refractivity contribution in [2.45, 2.75) is 6.54 Å². The highest BCUT2D eigenvalue weighted by molar-refractivity contribution is 7.21. The zero-order valence-electron chi connectivity index (χ0n) is 13.6. The van der Waals surface area contributed by atoms with Gasteiger partial charge in [0.05, 0.1) is 23.9 Å². The van der Waals surface area contributed by atoms with Gasteiger partial charge in [0.1, 0.15) is 16.2 Å². The highest BCUT2D eigenvalue weighted by atomic mass is 32.1. The van der Waals surface area contributed by atoms with Crippen molar-refractivity contribution < 1.29 is 4.39 Å². The van der Waals surface area contributed by atoms with E-state index in [0.717, 1.165) is 15.9 Å². The molecular formula is C20H13FN4S. The molecule has 6 heteroatoms. The molecule has 0 spiro atoms. The molecule has 126 valence electrons. The Labute approximate surface area is 153 Å². The number of fused-ring (bicyclic) bond motifs is 1. The van der Waals surface area contributed by atoms with E-state index in [1.807, 2.05) is 30.3 Å². The zero-order chi connectivity index (χ0) is 17.9. The summed E-state index contributed by atoms with van der Waals surface area (Å²) in [6.07, 6.45) is 1.71. The van der Waals surface area contributed by atoms with Crippen LogP contribution < -0.4 is 4.90 Å². The van der Waals surface area contributed by atoms with Gasteiger partial charge in [-0.2, -0.15) is 5.26 Å². The van der Waals surface area contributed by atoms with Gasteiger partial charge in [0.15, 0.2) is 5.13 Å². The smallest absolute Gasteiger partial charge is 0.192 e. The third kappa shape index (κ3) is 3.01. The summed E-state index contributed by atoms with van der Waals surface area (Å²) >= 11 is 1.40. The topological polar surface area (TPSA) is 52.8 Å². The minimum Gasteiger partial charge on any atom is -0.311 e. The number of hydrogen-bond donors (Lipinski definition) is 0. The first-order valence-electron chi connectivity index (χ1n) is 7.98. The van der Waals surface area contributed by atoms with Crippen LogP contribution >= 0.6 is 11.3 Å². The van der Waals surface area contributed by atoms with Crippen LogP contribution in [-0.2, 0) is 6.54 Å². The second-order valence-electron chi connectivity index (χ2n) is 5.63. The van der Waals surface area contributed by atoms with Crippen molar-refractivity contribution in [2.75, 3.05) is 4.90 Å². The first kappa shape index (κ1) is 16.2. The SMILES string of the molecule is N#Cc1ccccc1CN(c1nc2cccnc2s1)c1ccccc1F. The lowest BCUT2D eigenvalue weighted by molar-refractivity contribution is 0.624. The predicted octanol–water partition coefficient (Wildman–Crippen LogP) is 5.04. The average molecular weight is 360 g/mol. The molecule has 0 saturated carbocycles. The minimum absolute atomic E-state index is 0.338. The highest BCUT2D eigenvalue weighted by Gasteiger charge is 2.19. The number of nitriles is 1. The van der Waals surface area contributed by atoms with Crippen molar-refractivity contribution in [1.29, 1.82) is 5.26 Å². The fourth-order valence-corrected chi connectivity index (χ4v) is 3.66. The number of halogens is 1. The minimum atomic E-state index is -0.339. The molecule has 0 atom stereocenters. The zero-order valence-corrected chi connectivity index (χ0v) is 14.4. The van der Waals surface area contributed by atoms with Gasteiger partial charge in [-0.25, -0.2) is 14.4 Å². The summed E-state index contributed by atoms with van der Waals surface area (Å²) in [5.41, 5.74) is 2.56. The van der Waals surface area contributed by atoms with Crippen LogP contribution in [0.15, 0.2) is 66.9 Å². The molecule has 0 unspecified atom stereocenters. The molecule has 0 radical (unpaired) electrons. The van der Waals surface area contributed by atoms with Crippen molar-refractivity contribution in [3.8, 4) is 6.07 Å². The van der Waals surface area contributed by atoms with Gasteiger partial charge in [-0.1, -0.05) is 41.7 Å². The molecular weight excluding hydrogens is 347 g/mol. The van der Waals surface area contributed by atoms with E-state index in [-0.39, 0.29) is 5.82 Å². The lowest BCUT2D eigenvalue weighted by Crippen LogP contribution is -2.18. The Hall–Kier alpha value is -3.30. The van der Waals surface area contributed by atoms with Gasteiger partial charge in [0.25, 0.3) is 0 Å². The van der Waals surface area contributed by atoms with Crippen LogP contribution in [0.5, 0.6) is 0 Å². The van der Waals surface area contributed by atoms with Crippen molar-refractivity contribution in [3.05, 3.63) is 83.8 Å². The monoisotopic (exact) mass is 360 g/mol. The van der Waals surface area contributed by atoms with Crippen LogP contribution in [0, 0.1) is 17.1 Å². The Balaban J connectivity index is 1.84. The van der Waals surface area contributed by atoms with E-state index in [0.29, 0.717) is 22.9 Å². The van der Waals surface area contributed by atoms with Gasteiger partial charge in [0.2, 0.25) is 0 Å². The normalized spacial score (nSPS) is 10.6. The third-order valence-electron chi connectivity index (χ3n) is 4.00. The summed E-state index contributed by atoms with van der Waals surface area (Å²) in [7, 11) is 0. The number of pyridine rings is 1. The number of anilines is 2. The number of rotatable bonds is 4. The summed E-state index contributed by atoms with van der Waals surface area (Å²) in [6.45, 7) is 0.338. The maximum Gasteiger partial charge on any atom is 0.192 e. The van der Waals surface area contributed by atoms with Crippen LogP contribution in [0.1, 0.15) is 11.1 Å². The molecule has 0 saturated heterocycles. The lowest BCUT2D eigenvalue weighted by Gasteiger charge is -2.23. The first-order chi connectivity index (χ1) is 12.8. The summed E-state index contributed by atoms with van der Waals surface area (Å²) in [4.78, 5) is 11.5. The predicted molar refractivity (Wildman–Crippen MR) is 101 cm³/mol. The molecule has 0 aliphatic rings. The molecule has 0 amide bonds. The highest BCUT2D eigenvalue weighted by Crippen LogP contribution is 2.35. The maximum atomic E-state index is 14.5. The van der Waals surface area contributed by atoms with Crippen LogP contribution in [-0.4, -0.2) is 9.97 Å². The van der Waals surface area contributed by atoms with Crippen molar-refractivity contribution >= 4 is 32.5 Å². The molecule has 26 heavy (non-hydrogen) atoms. The van der Waals surface area contributed by atoms with Crippen molar-refractivity contribution in [3.63, 3.8) is 0 Å². The fourth-order valence-electron chi connectivity index (χ4n) is 2.74. The van der Waals surface area contributed by atoms with E-state index in [1.54, 1.807) is 35.4 Å². The Morgan fingerprint density at radius 3 is 2.65 bits per heavy atom. The van der Waals surface area contributed by atoms with E-state index in [4.69, 9.17) is 0 Å². The number of para-hydroxylation sites is 1. The summed E-state index contributed by atoms with van der Waals surface area (Å²) < 4.78 is 14.5. The van der Waals surface area contributed by atoms with Crippen LogP contribution in [0.2, 0.25) is 0 Å². The molecule has 2 aromatic carbocycles. The maximum absolute atomic E-state index is 14.5. The Morgan fingerprint density at radius 2 is 1.85 bits per heavy atom. The van der Waals surface area contributed by atoms with E-state index >= 15 is 0 Å². The van der Waals surface area contributed by atoms with Gasteiger partial charge in [0, 0.05) is 6.20 Å². The molecule has 0 aliphatic carbocycles. The number of thiazole rings is 1. The molecule has 4 aromatic rings. The largest absolute Gasteiger partial charge is 0.311 e. The first-order valence-corrected chi connectivity index (χ1v) is 8.79. The molecule has 0 N–H and O–H groups in total. The number of hydrogen-bond acceptors (Lipinski definition) is 5. The number of nitrogens with zero attached hydrogens (tertiary/aromatic N) is 4. The van der Waals surface area contributed by atoms with E-state index in [9.17, 15) is 9.65 Å². The van der Waals surface area contributed by atoms with Crippen LogP contribution in [0.3, 0.4) is 0 Å². The van der Waals surface area contributed by atoms with Crippen molar-refractivity contribution in [2.24, 2.45) is 0 Å². The Kier molecular flexibility index (Phi) is 4.30. The quantitative estimate of drug-likeness (QED) is 0.511. The number of benzene rings is 2. The Bertz CT molecular complexity index is 1080. The summed E-state index contributed by atoms with van der Waals surface area (Å²) in [5, 5.41) is 10.0. The standard InChI is InChI=1S/C20H13FN4S/c21-16-8-3-4-10-18(16)25(13-15-7-2-1-6-14(15)12-22)20-24-17-9-5-11-23-19(17)26-20/h1-11H,13H2. The van der Waals surface area contributed by atoms with Gasteiger partial charge >= 0.3 is 0 Å². The summed E-state index contributed by atoms with van der Waals surface area (Å²) in [5.74, 6) is -0.339. The van der Waals surface area contributed by atoms with Crippen LogP contribution in [0.4, 0.5) is 15.2 Å². The van der Waals surface area contributed by atoms with Crippen molar-refractivity contribution in [1.82, 2.24) is 9.97 Å². The van der Waals surface area contributed by atoms with Gasteiger partial charge in [-0.15, -0.1) is 0 Å². The third-order valence-corrected chi connectivity index (χ3v) is 5.00. The van der Waals surface area contributed by atoms with Gasteiger partial charge in [-0.05, 0) is 35.9 Å². The Morgan fingerprint density at radius 1 is 1.04 bits per heavy atom. The average Bonchev–Trinajstić information content (AvgIpc) is 3.11. The van der Waals surface area contributed by atoms with Gasteiger partial charge in [-0.3, -0.25) is 0 Å². The molecule has 4 nitrogen and oxygen atoms in total. The second-order valence-corrected chi connectivity index (χ2v) is 6.59. The van der Waals surface area contributed by atoms with E-state index in [2.05, 4.69) is 16.0 Å². The second kappa shape index (κ2) is 6.90. The molecule has 0 bridgehead atoms. The van der Waals surface area contributed by atoms with E-state index < -0.39 is 0 Å². The lowest BCUT2D eigenvalue weighted by atomic mass is 10.1.